The van der Waals surface area contributed by atoms with E-state index in [1.165, 1.54) is 6.42 Å². The molecule has 3 rings (SSSR count). The van der Waals surface area contributed by atoms with Crippen LogP contribution in [0.15, 0.2) is 29.3 Å². The van der Waals surface area contributed by atoms with Crippen molar-refractivity contribution in [3.8, 4) is 5.75 Å². The number of hydrogen-bond acceptors (Lipinski definition) is 4. The smallest absolute Gasteiger partial charge is 0.191 e. The molecular formula is C20H32N4O2. The molecule has 2 N–H and O–H groups in total. The molecule has 26 heavy (non-hydrogen) atoms. The molecule has 2 unspecified atom stereocenters. The first-order valence-electron chi connectivity index (χ1n) is 9.81. The maximum atomic E-state index is 5.93. The van der Waals surface area contributed by atoms with E-state index in [1.807, 2.05) is 12.1 Å². The highest BCUT2D eigenvalue weighted by Gasteiger charge is 2.33. The lowest BCUT2D eigenvalue weighted by atomic mass is 10.2. The summed E-state index contributed by atoms with van der Waals surface area (Å²) in [7, 11) is 0. The highest BCUT2D eigenvalue weighted by atomic mass is 16.5. The van der Waals surface area contributed by atoms with E-state index < -0.39 is 0 Å². The van der Waals surface area contributed by atoms with Crippen LogP contribution in [0.25, 0.3) is 0 Å². The minimum absolute atomic E-state index is 0.572. The highest BCUT2D eigenvalue weighted by molar-refractivity contribution is 5.80. The highest BCUT2D eigenvalue weighted by Crippen LogP contribution is 2.28. The molecule has 1 aromatic carbocycles. The van der Waals surface area contributed by atoms with E-state index in [4.69, 9.17) is 14.5 Å². The van der Waals surface area contributed by atoms with E-state index in [2.05, 4.69) is 41.5 Å². The van der Waals surface area contributed by atoms with Crippen LogP contribution in [0.3, 0.4) is 0 Å². The average Bonchev–Trinajstić information content (AvgIpc) is 3.36. The lowest BCUT2D eigenvalue weighted by Gasteiger charge is -2.26. The van der Waals surface area contributed by atoms with Crippen LogP contribution in [-0.4, -0.2) is 62.9 Å². The Morgan fingerprint density at radius 1 is 1.35 bits per heavy atom. The topological polar surface area (TPSA) is 58.1 Å². The molecule has 0 amide bonds. The zero-order valence-electron chi connectivity index (χ0n) is 16.0. The second kappa shape index (κ2) is 9.78. The minimum atomic E-state index is 0.572. The van der Waals surface area contributed by atoms with E-state index in [1.54, 1.807) is 0 Å². The number of ether oxygens (including phenoxy) is 2. The van der Waals surface area contributed by atoms with Crippen molar-refractivity contribution >= 4 is 5.96 Å². The molecular weight excluding hydrogens is 328 g/mol. The van der Waals surface area contributed by atoms with Gasteiger partial charge in [0.15, 0.2) is 5.96 Å². The van der Waals surface area contributed by atoms with Gasteiger partial charge in [0.1, 0.15) is 12.4 Å². The molecule has 6 nitrogen and oxygen atoms in total. The maximum absolute atomic E-state index is 5.93. The van der Waals surface area contributed by atoms with Gasteiger partial charge >= 0.3 is 0 Å². The van der Waals surface area contributed by atoms with Gasteiger partial charge in [-0.15, -0.1) is 0 Å². The van der Waals surface area contributed by atoms with Crippen LogP contribution in [0.1, 0.15) is 25.8 Å². The summed E-state index contributed by atoms with van der Waals surface area (Å²) < 4.78 is 11.3. The molecule has 1 aromatic rings. The first-order chi connectivity index (χ1) is 12.7. The number of nitrogens with zero attached hydrogens (tertiary/aromatic N) is 2. The maximum Gasteiger partial charge on any atom is 0.191 e. The normalized spacial score (nSPS) is 23.5. The van der Waals surface area contributed by atoms with Crippen molar-refractivity contribution in [2.75, 3.05) is 46.0 Å². The largest absolute Gasteiger partial charge is 0.492 e. The monoisotopic (exact) mass is 360 g/mol. The second-order valence-electron chi connectivity index (χ2n) is 7.11. The molecule has 1 aliphatic heterocycles. The fourth-order valence-corrected chi connectivity index (χ4v) is 3.04. The summed E-state index contributed by atoms with van der Waals surface area (Å²) in [5, 5.41) is 6.81. The van der Waals surface area contributed by atoms with Crippen LogP contribution in [0, 0.1) is 5.92 Å². The number of aliphatic imine (C=N–C) groups is 1. The minimum Gasteiger partial charge on any atom is -0.492 e. The zero-order valence-corrected chi connectivity index (χ0v) is 16.0. The van der Waals surface area contributed by atoms with Gasteiger partial charge in [0.25, 0.3) is 0 Å². The Hall–Kier alpha value is -1.79. The molecule has 1 saturated carbocycles. The lowest BCUT2D eigenvalue weighted by Crippen LogP contribution is -2.39. The second-order valence-corrected chi connectivity index (χ2v) is 7.11. The Bertz CT molecular complexity index is 587. The molecule has 0 spiro atoms. The predicted octanol–water partition coefficient (Wildman–Crippen LogP) is 1.86. The van der Waals surface area contributed by atoms with Crippen molar-refractivity contribution in [1.82, 2.24) is 15.5 Å². The fourth-order valence-electron chi connectivity index (χ4n) is 3.04. The van der Waals surface area contributed by atoms with Gasteiger partial charge in [-0.2, -0.15) is 0 Å². The Kier molecular flexibility index (Phi) is 7.14. The van der Waals surface area contributed by atoms with Crippen LogP contribution in [0.2, 0.25) is 0 Å². The summed E-state index contributed by atoms with van der Waals surface area (Å²) in [5.41, 5.74) is 1.16. The summed E-state index contributed by atoms with van der Waals surface area (Å²) in [5.74, 6) is 2.57. The summed E-state index contributed by atoms with van der Waals surface area (Å²) in [4.78, 5) is 7.09. The van der Waals surface area contributed by atoms with E-state index >= 15 is 0 Å². The zero-order chi connectivity index (χ0) is 18.2. The van der Waals surface area contributed by atoms with Gasteiger partial charge in [0.05, 0.1) is 19.8 Å². The molecule has 1 heterocycles. The van der Waals surface area contributed by atoms with Crippen molar-refractivity contribution in [3.63, 3.8) is 0 Å². The van der Waals surface area contributed by atoms with Gasteiger partial charge in [-0.3, -0.25) is 4.90 Å². The number of morpholine rings is 1. The third-order valence-corrected chi connectivity index (χ3v) is 4.87. The van der Waals surface area contributed by atoms with Gasteiger partial charge in [0, 0.05) is 32.2 Å². The molecule has 1 saturated heterocycles. The Morgan fingerprint density at radius 3 is 2.88 bits per heavy atom. The predicted molar refractivity (Wildman–Crippen MR) is 105 cm³/mol. The fraction of sp³-hybridized carbons (Fsp3) is 0.650. The van der Waals surface area contributed by atoms with E-state index in [0.717, 1.165) is 62.6 Å². The van der Waals surface area contributed by atoms with Crippen LogP contribution >= 0.6 is 0 Å². The number of rotatable bonds is 8. The van der Waals surface area contributed by atoms with Gasteiger partial charge in [-0.05, 0) is 37.0 Å². The van der Waals surface area contributed by atoms with Crippen molar-refractivity contribution in [3.05, 3.63) is 29.8 Å². The third kappa shape index (κ3) is 6.18. The third-order valence-electron chi connectivity index (χ3n) is 4.87. The summed E-state index contributed by atoms with van der Waals surface area (Å²) >= 11 is 0. The van der Waals surface area contributed by atoms with Gasteiger partial charge in [-0.25, -0.2) is 4.99 Å². The van der Waals surface area contributed by atoms with Gasteiger partial charge in [-0.1, -0.05) is 19.1 Å². The number of nitrogens with one attached hydrogen (secondary N) is 2. The van der Waals surface area contributed by atoms with E-state index in [9.17, 15) is 0 Å². The summed E-state index contributed by atoms with van der Waals surface area (Å²) in [6, 6.07) is 8.82. The van der Waals surface area contributed by atoms with Crippen LogP contribution in [0.4, 0.5) is 0 Å². The quantitative estimate of drug-likeness (QED) is 0.547. The molecule has 144 valence electrons. The van der Waals surface area contributed by atoms with Crippen molar-refractivity contribution in [1.29, 1.82) is 0 Å². The molecule has 2 atom stereocenters. The first-order valence-corrected chi connectivity index (χ1v) is 9.81. The van der Waals surface area contributed by atoms with E-state index in [0.29, 0.717) is 19.2 Å². The molecule has 0 aromatic heterocycles. The lowest BCUT2D eigenvalue weighted by molar-refractivity contribution is 0.0322. The Labute approximate surface area is 157 Å². The van der Waals surface area contributed by atoms with Crippen molar-refractivity contribution in [2.24, 2.45) is 10.9 Å². The van der Waals surface area contributed by atoms with Gasteiger partial charge < -0.3 is 20.1 Å². The SMILES string of the molecule is CCNC(=NCc1cccc(OCCN2CCOCC2)c1)NC1CC1C. The van der Waals surface area contributed by atoms with Crippen molar-refractivity contribution < 1.29 is 9.47 Å². The molecule has 0 bridgehead atoms. The number of guanidine groups is 1. The Morgan fingerprint density at radius 2 is 2.15 bits per heavy atom. The summed E-state index contributed by atoms with van der Waals surface area (Å²) in [6.07, 6.45) is 1.23. The Balaban J connectivity index is 1.46. The molecule has 1 aliphatic carbocycles. The van der Waals surface area contributed by atoms with Crippen LogP contribution in [0.5, 0.6) is 5.75 Å². The number of benzene rings is 1. The van der Waals surface area contributed by atoms with Crippen LogP contribution in [-0.2, 0) is 11.3 Å². The molecule has 2 fully saturated rings. The molecule has 2 aliphatic rings. The standard InChI is InChI=1S/C20H32N4O2/c1-3-21-20(23-19-13-16(19)2)22-15-17-5-4-6-18(14-17)26-12-9-24-7-10-25-11-8-24/h4-6,14,16,19H,3,7-13,15H2,1-2H3,(H2,21,22,23). The summed E-state index contributed by atoms with van der Waals surface area (Å²) in [6.45, 7) is 11.2. The van der Waals surface area contributed by atoms with Crippen molar-refractivity contribution in [2.45, 2.75) is 32.9 Å². The average molecular weight is 361 g/mol. The molecule has 0 radical (unpaired) electrons. The number of hydrogen-bond donors (Lipinski definition) is 2. The van der Waals surface area contributed by atoms with E-state index in [-0.39, 0.29) is 0 Å². The van der Waals surface area contributed by atoms with Gasteiger partial charge in [0.2, 0.25) is 0 Å². The molecule has 6 heteroatoms. The van der Waals surface area contributed by atoms with Crippen LogP contribution < -0.4 is 15.4 Å². The first kappa shape index (κ1) is 19.0.